The molecule has 1 aromatic heterocycles. The number of carbonyl (C=O) groups is 1. The van der Waals surface area contributed by atoms with E-state index in [4.69, 9.17) is 15.2 Å². The van der Waals surface area contributed by atoms with E-state index in [2.05, 4.69) is 10.3 Å². The molecule has 1 amide bonds. The molecule has 1 aromatic carbocycles. The summed E-state index contributed by atoms with van der Waals surface area (Å²) in [5, 5.41) is 13.3. The first-order chi connectivity index (χ1) is 12.1. The summed E-state index contributed by atoms with van der Waals surface area (Å²) in [4.78, 5) is 25.6. The van der Waals surface area contributed by atoms with Crippen molar-refractivity contribution in [1.82, 2.24) is 4.98 Å². The van der Waals surface area contributed by atoms with Crippen LogP contribution in [0, 0.1) is 15.9 Å². The lowest BCUT2D eigenvalue weighted by Crippen LogP contribution is -2.27. The molecule has 0 bridgehead atoms. The maximum atomic E-state index is 14.2. The van der Waals surface area contributed by atoms with Crippen molar-refractivity contribution in [3.05, 3.63) is 46.4 Å². The maximum absolute atomic E-state index is 14.2. The van der Waals surface area contributed by atoms with E-state index in [1.165, 1.54) is 24.4 Å². The molecule has 2 rings (SSSR count). The van der Waals surface area contributed by atoms with Gasteiger partial charge in [-0.05, 0) is 32.9 Å². The second-order valence-electron chi connectivity index (χ2n) is 6.17. The summed E-state index contributed by atoms with van der Waals surface area (Å²) in [6.07, 6.45) is 0.412. The molecule has 0 atom stereocenters. The summed E-state index contributed by atoms with van der Waals surface area (Å²) in [7, 11) is 0. The third kappa shape index (κ3) is 4.79. The standard InChI is InChI=1S/C16H17FN4O5/c1-16(2,3)26-15(22)20-11-5-4-9(8-10(11)17)25-12-6-7-19-14(18)13(12)21(23)24/h4-8H,1-3H3,(H2,18,19)(H,20,22). The van der Waals surface area contributed by atoms with Crippen molar-refractivity contribution in [1.29, 1.82) is 0 Å². The number of halogens is 1. The largest absolute Gasteiger partial charge is 0.450 e. The lowest BCUT2D eigenvalue weighted by atomic mass is 10.2. The molecule has 0 aliphatic heterocycles. The Bertz CT molecular complexity index is 851. The molecule has 0 radical (unpaired) electrons. The second kappa shape index (κ2) is 7.21. The van der Waals surface area contributed by atoms with Gasteiger partial charge in [-0.1, -0.05) is 0 Å². The number of amides is 1. The average Bonchev–Trinajstić information content (AvgIpc) is 2.48. The molecule has 0 saturated carbocycles. The molecule has 3 N–H and O–H groups in total. The number of hydrogen-bond acceptors (Lipinski definition) is 7. The van der Waals surface area contributed by atoms with Gasteiger partial charge in [-0.15, -0.1) is 0 Å². The molecule has 0 fully saturated rings. The Morgan fingerprint density at radius 2 is 2.04 bits per heavy atom. The highest BCUT2D eigenvalue weighted by Crippen LogP contribution is 2.35. The third-order valence-corrected chi connectivity index (χ3v) is 2.90. The molecule has 0 aliphatic rings. The number of rotatable bonds is 4. The van der Waals surface area contributed by atoms with Gasteiger partial charge >= 0.3 is 11.8 Å². The predicted molar refractivity (Wildman–Crippen MR) is 91.6 cm³/mol. The van der Waals surface area contributed by atoms with E-state index >= 15 is 0 Å². The van der Waals surface area contributed by atoms with Crippen molar-refractivity contribution < 1.29 is 23.6 Å². The molecule has 10 heteroatoms. The van der Waals surface area contributed by atoms with Gasteiger partial charge in [0.15, 0.2) is 5.82 Å². The number of aromatic nitrogens is 1. The molecule has 1 heterocycles. The number of nitrogens with zero attached hydrogens (tertiary/aromatic N) is 2. The molecule has 0 saturated heterocycles. The number of nitro groups is 1. The van der Waals surface area contributed by atoms with Crippen molar-refractivity contribution >= 4 is 23.3 Å². The van der Waals surface area contributed by atoms with Crippen molar-refractivity contribution in [2.24, 2.45) is 0 Å². The normalized spacial score (nSPS) is 10.9. The Labute approximate surface area is 148 Å². The van der Waals surface area contributed by atoms with Crippen LogP contribution in [0.3, 0.4) is 0 Å². The fourth-order valence-corrected chi connectivity index (χ4v) is 1.92. The van der Waals surface area contributed by atoms with Crippen LogP contribution in [0.2, 0.25) is 0 Å². The number of carbonyl (C=O) groups excluding carboxylic acids is 1. The van der Waals surface area contributed by atoms with Gasteiger partial charge in [0.2, 0.25) is 11.6 Å². The van der Waals surface area contributed by atoms with E-state index < -0.39 is 28.1 Å². The third-order valence-electron chi connectivity index (χ3n) is 2.90. The Balaban J connectivity index is 2.20. The Kier molecular flexibility index (Phi) is 5.24. The van der Waals surface area contributed by atoms with E-state index in [1.54, 1.807) is 20.8 Å². The Morgan fingerprint density at radius 1 is 1.35 bits per heavy atom. The summed E-state index contributed by atoms with van der Waals surface area (Å²) in [6.45, 7) is 5.02. The lowest BCUT2D eigenvalue weighted by molar-refractivity contribution is -0.384. The van der Waals surface area contributed by atoms with Gasteiger partial charge in [0.25, 0.3) is 0 Å². The van der Waals surface area contributed by atoms with E-state index in [0.717, 1.165) is 6.07 Å². The minimum Gasteiger partial charge on any atom is -0.450 e. The van der Waals surface area contributed by atoms with E-state index in [9.17, 15) is 19.3 Å². The van der Waals surface area contributed by atoms with Gasteiger partial charge in [-0.25, -0.2) is 14.2 Å². The zero-order chi connectivity index (χ0) is 19.5. The first-order valence-corrected chi connectivity index (χ1v) is 7.43. The molecule has 2 aromatic rings. The van der Waals surface area contributed by atoms with Gasteiger partial charge in [0, 0.05) is 18.3 Å². The fourth-order valence-electron chi connectivity index (χ4n) is 1.92. The zero-order valence-electron chi connectivity index (χ0n) is 14.3. The summed E-state index contributed by atoms with van der Waals surface area (Å²) in [6, 6.07) is 4.77. The summed E-state index contributed by atoms with van der Waals surface area (Å²) >= 11 is 0. The van der Waals surface area contributed by atoms with Crippen LogP contribution in [0.15, 0.2) is 30.5 Å². The average molecular weight is 364 g/mol. The van der Waals surface area contributed by atoms with Crippen molar-refractivity contribution in [3.63, 3.8) is 0 Å². The van der Waals surface area contributed by atoms with Crippen LogP contribution in [-0.2, 0) is 4.74 Å². The Morgan fingerprint density at radius 3 is 2.62 bits per heavy atom. The molecular formula is C16H17FN4O5. The predicted octanol–water partition coefficient (Wildman–Crippen LogP) is 3.85. The molecule has 0 aliphatic carbocycles. The molecule has 138 valence electrons. The quantitative estimate of drug-likeness (QED) is 0.622. The minimum atomic E-state index is -0.817. The van der Waals surface area contributed by atoms with Gasteiger partial charge in [0.1, 0.15) is 11.4 Å². The van der Waals surface area contributed by atoms with E-state index in [-0.39, 0.29) is 23.0 Å². The van der Waals surface area contributed by atoms with Crippen LogP contribution < -0.4 is 15.8 Å². The van der Waals surface area contributed by atoms with Crippen molar-refractivity contribution in [2.45, 2.75) is 26.4 Å². The number of ether oxygens (including phenoxy) is 2. The molecule has 0 unspecified atom stereocenters. The molecule has 26 heavy (non-hydrogen) atoms. The number of pyridine rings is 1. The summed E-state index contributed by atoms with van der Waals surface area (Å²) < 4.78 is 24.5. The monoisotopic (exact) mass is 364 g/mol. The van der Waals surface area contributed by atoms with Crippen molar-refractivity contribution in [2.75, 3.05) is 11.1 Å². The highest BCUT2D eigenvalue weighted by molar-refractivity contribution is 5.85. The highest BCUT2D eigenvalue weighted by Gasteiger charge is 2.22. The molecular weight excluding hydrogens is 347 g/mol. The van der Waals surface area contributed by atoms with Gasteiger partial charge < -0.3 is 15.2 Å². The first-order valence-electron chi connectivity index (χ1n) is 7.43. The number of nitrogens with two attached hydrogens (primary N) is 1. The molecule has 9 nitrogen and oxygen atoms in total. The van der Waals surface area contributed by atoms with E-state index in [1.807, 2.05) is 0 Å². The number of benzene rings is 1. The first kappa shape index (κ1) is 18.9. The lowest BCUT2D eigenvalue weighted by Gasteiger charge is -2.19. The summed E-state index contributed by atoms with van der Waals surface area (Å²) in [5.74, 6) is -1.34. The summed E-state index contributed by atoms with van der Waals surface area (Å²) in [5.41, 5.74) is 4.08. The number of nitrogen functional groups attached to an aromatic ring is 1. The van der Waals surface area contributed by atoms with Crippen LogP contribution in [0.25, 0.3) is 0 Å². The van der Waals surface area contributed by atoms with Crippen LogP contribution in [0.1, 0.15) is 20.8 Å². The van der Waals surface area contributed by atoms with Crippen LogP contribution in [-0.4, -0.2) is 21.6 Å². The number of hydrogen-bond donors (Lipinski definition) is 2. The van der Waals surface area contributed by atoms with Crippen LogP contribution in [0.5, 0.6) is 11.5 Å². The Hall–Kier alpha value is -3.43. The number of anilines is 2. The smallest absolute Gasteiger partial charge is 0.412 e. The van der Waals surface area contributed by atoms with Gasteiger partial charge in [-0.3, -0.25) is 15.4 Å². The fraction of sp³-hybridized carbons (Fsp3) is 0.250. The van der Waals surface area contributed by atoms with Gasteiger partial charge in [0.05, 0.1) is 10.6 Å². The van der Waals surface area contributed by atoms with Crippen LogP contribution >= 0.6 is 0 Å². The van der Waals surface area contributed by atoms with Crippen LogP contribution in [0.4, 0.5) is 26.4 Å². The second-order valence-corrected chi connectivity index (χ2v) is 6.17. The maximum Gasteiger partial charge on any atom is 0.412 e. The number of nitrogens with one attached hydrogen (secondary N) is 1. The highest BCUT2D eigenvalue weighted by atomic mass is 19.1. The molecule has 0 spiro atoms. The minimum absolute atomic E-state index is 0.0223. The van der Waals surface area contributed by atoms with Gasteiger partial charge in [-0.2, -0.15) is 0 Å². The zero-order valence-corrected chi connectivity index (χ0v) is 14.3. The van der Waals surface area contributed by atoms with Crippen molar-refractivity contribution in [3.8, 4) is 11.5 Å². The van der Waals surface area contributed by atoms with E-state index in [0.29, 0.717) is 0 Å². The SMILES string of the molecule is CC(C)(C)OC(=O)Nc1ccc(Oc2ccnc(N)c2[N+](=O)[O-])cc1F. The topological polar surface area (TPSA) is 130 Å².